The van der Waals surface area contributed by atoms with E-state index in [4.69, 9.17) is 5.73 Å². The summed E-state index contributed by atoms with van der Waals surface area (Å²) in [6, 6.07) is 7.93. The number of aromatic nitrogens is 3. The summed E-state index contributed by atoms with van der Waals surface area (Å²) in [5.74, 6) is 0. The molecule has 0 aliphatic heterocycles. The number of H-pyrrole nitrogens is 1. The van der Waals surface area contributed by atoms with Crippen molar-refractivity contribution in [1.29, 1.82) is 0 Å². The van der Waals surface area contributed by atoms with Gasteiger partial charge in [-0.3, -0.25) is 10.1 Å². The summed E-state index contributed by atoms with van der Waals surface area (Å²) in [5, 5.41) is 11.1. The van der Waals surface area contributed by atoms with Crippen LogP contribution in [0.25, 0.3) is 10.9 Å². The minimum atomic E-state index is 0.134. The maximum atomic E-state index is 6.19. The first kappa shape index (κ1) is 11.5. The van der Waals surface area contributed by atoms with E-state index in [1.165, 1.54) is 0 Å². The molecule has 2 heterocycles. The number of pyridine rings is 1. The van der Waals surface area contributed by atoms with Gasteiger partial charge in [0.25, 0.3) is 0 Å². The molecule has 3 rings (SSSR count). The number of aromatic amines is 1. The van der Waals surface area contributed by atoms with Crippen molar-refractivity contribution in [2.75, 3.05) is 11.1 Å². The van der Waals surface area contributed by atoms with Crippen molar-refractivity contribution in [2.24, 2.45) is 0 Å². The molecule has 0 spiro atoms. The summed E-state index contributed by atoms with van der Waals surface area (Å²) in [5.41, 5.74) is 9.82. The van der Waals surface area contributed by atoms with Gasteiger partial charge in [-0.15, -0.1) is 0 Å². The van der Waals surface area contributed by atoms with E-state index in [9.17, 15) is 0 Å². The molecule has 5 nitrogen and oxygen atoms in total. The molecule has 0 aliphatic carbocycles. The topological polar surface area (TPSA) is 79.6 Å². The number of nitrogen functional groups attached to an aromatic ring is 1. The SMILES string of the molecule is CC(Nc1ccc2ncccc2c1N)c1cn[nH]c1. The molecule has 0 bridgehead atoms. The number of rotatable bonds is 3. The van der Waals surface area contributed by atoms with Crippen LogP contribution in [0.5, 0.6) is 0 Å². The molecule has 96 valence electrons. The molecule has 1 atom stereocenters. The minimum absolute atomic E-state index is 0.134. The summed E-state index contributed by atoms with van der Waals surface area (Å²) in [7, 11) is 0. The van der Waals surface area contributed by atoms with Crippen LogP contribution in [0.2, 0.25) is 0 Å². The third-order valence-electron chi connectivity index (χ3n) is 3.22. The molecular formula is C14H15N5. The Kier molecular flexibility index (Phi) is 2.79. The maximum absolute atomic E-state index is 6.19. The Labute approximate surface area is 110 Å². The van der Waals surface area contributed by atoms with Gasteiger partial charge in [0, 0.05) is 23.3 Å². The molecule has 0 saturated heterocycles. The van der Waals surface area contributed by atoms with Crippen molar-refractivity contribution in [1.82, 2.24) is 15.2 Å². The molecule has 0 radical (unpaired) electrons. The predicted octanol–water partition coefficient (Wildman–Crippen LogP) is 2.71. The predicted molar refractivity (Wildman–Crippen MR) is 76.8 cm³/mol. The fourth-order valence-corrected chi connectivity index (χ4v) is 2.12. The molecule has 0 saturated carbocycles. The van der Waals surface area contributed by atoms with Crippen LogP contribution in [-0.2, 0) is 0 Å². The fourth-order valence-electron chi connectivity index (χ4n) is 2.12. The highest BCUT2D eigenvalue weighted by atomic mass is 15.1. The average molecular weight is 253 g/mol. The quantitative estimate of drug-likeness (QED) is 0.627. The van der Waals surface area contributed by atoms with Gasteiger partial charge in [0.05, 0.1) is 29.1 Å². The molecule has 3 aromatic rings. The van der Waals surface area contributed by atoms with Crippen molar-refractivity contribution in [3.05, 3.63) is 48.4 Å². The van der Waals surface area contributed by atoms with E-state index in [1.807, 2.05) is 30.5 Å². The normalized spacial score (nSPS) is 12.5. The Morgan fingerprint density at radius 3 is 3.00 bits per heavy atom. The second kappa shape index (κ2) is 4.61. The molecule has 5 heteroatoms. The summed E-state index contributed by atoms with van der Waals surface area (Å²) < 4.78 is 0. The van der Waals surface area contributed by atoms with Gasteiger partial charge >= 0.3 is 0 Å². The van der Waals surface area contributed by atoms with E-state index in [0.29, 0.717) is 0 Å². The molecule has 19 heavy (non-hydrogen) atoms. The number of hydrogen-bond donors (Lipinski definition) is 3. The van der Waals surface area contributed by atoms with E-state index in [2.05, 4.69) is 27.4 Å². The monoisotopic (exact) mass is 253 g/mol. The highest BCUT2D eigenvalue weighted by molar-refractivity contribution is 5.96. The van der Waals surface area contributed by atoms with Gasteiger partial charge < -0.3 is 11.1 Å². The lowest BCUT2D eigenvalue weighted by molar-refractivity contribution is 0.887. The fraction of sp³-hybridized carbons (Fsp3) is 0.143. The Bertz CT molecular complexity index is 690. The molecule has 4 N–H and O–H groups in total. The molecule has 1 unspecified atom stereocenters. The van der Waals surface area contributed by atoms with Crippen molar-refractivity contribution < 1.29 is 0 Å². The Morgan fingerprint density at radius 2 is 2.21 bits per heavy atom. The Morgan fingerprint density at radius 1 is 1.32 bits per heavy atom. The van der Waals surface area contributed by atoms with Gasteiger partial charge in [0.1, 0.15) is 0 Å². The highest BCUT2D eigenvalue weighted by Crippen LogP contribution is 2.29. The van der Waals surface area contributed by atoms with E-state index >= 15 is 0 Å². The van der Waals surface area contributed by atoms with Crippen LogP contribution in [0.15, 0.2) is 42.9 Å². The number of nitrogens with one attached hydrogen (secondary N) is 2. The van der Waals surface area contributed by atoms with Gasteiger partial charge in [0.15, 0.2) is 0 Å². The number of hydrogen-bond acceptors (Lipinski definition) is 4. The molecule has 0 fully saturated rings. The van der Waals surface area contributed by atoms with E-state index in [0.717, 1.165) is 27.8 Å². The van der Waals surface area contributed by atoms with Gasteiger partial charge in [-0.25, -0.2) is 0 Å². The first-order valence-corrected chi connectivity index (χ1v) is 6.14. The van der Waals surface area contributed by atoms with Crippen LogP contribution < -0.4 is 11.1 Å². The smallest absolute Gasteiger partial charge is 0.0724 e. The maximum Gasteiger partial charge on any atom is 0.0724 e. The average Bonchev–Trinajstić information content (AvgIpc) is 2.96. The summed E-state index contributed by atoms with van der Waals surface area (Å²) in [4.78, 5) is 4.29. The zero-order valence-electron chi connectivity index (χ0n) is 10.6. The lowest BCUT2D eigenvalue weighted by atomic mass is 10.1. The summed E-state index contributed by atoms with van der Waals surface area (Å²) in [6.07, 6.45) is 5.44. The van der Waals surface area contributed by atoms with Crippen molar-refractivity contribution in [3.63, 3.8) is 0 Å². The van der Waals surface area contributed by atoms with E-state index in [-0.39, 0.29) is 6.04 Å². The van der Waals surface area contributed by atoms with Gasteiger partial charge in [0.2, 0.25) is 0 Å². The largest absolute Gasteiger partial charge is 0.397 e. The van der Waals surface area contributed by atoms with Crippen LogP contribution in [-0.4, -0.2) is 15.2 Å². The first-order chi connectivity index (χ1) is 9.25. The molecular weight excluding hydrogens is 238 g/mol. The molecule has 2 aromatic heterocycles. The number of anilines is 2. The lowest BCUT2D eigenvalue weighted by Gasteiger charge is -2.16. The molecule has 1 aromatic carbocycles. The second-order valence-corrected chi connectivity index (χ2v) is 4.49. The van der Waals surface area contributed by atoms with Crippen LogP contribution in [0, 0.1) is 0 Å². The molecule has 0 amide bonds. The Hall–Kier alpha value is -2.56. The van der Waals surface area contributed by atoms with Crippen molar-refractivity contribution >= 4 is 22.3 Å². The second-order valence-electron chi connectivity index (χ2n) is 4.49. The lowest BCUT2D eigenvalue weighted by Crippen LogP contribution is -2.08. The Balaban J connectivity index is 1.95. The number of nitrogens with zero attached hydrogens (tertiary/aromatic N) is 2. The zero-order valence-corrected chi connectivity index (χ0v) is 10.6. The van der Waals surface area contributed by atoms with Crippen LogP contribution in [0.1, 0.15) is 18.5 Å². The summed E-state index contributed by atoms with van der Waals surface area (Å²) >= 11 is 0. The van der Waals surface area contributed by atoms with Gasteiger partial charge in [-0.1, -0.05) is 0 Å². The third-order valence-corrected chi connectivity index (χ3v) is 3.22. The minimum Gasteiger partial charge on any atom is -0.397 e. The van der Waals surface area contributed by atoms with Crippen LogP contribution in [0.4, 0.5) is 11.4 Å². The first-order valence-electron chi connectivity index (χ1n) is 6.14. The standard InChI is InChI=1S/C14H15N5/c1-9(10-7-17-18-8-10)19-13-5-4-12-11(14(13)15)3-2-6-16-12/h2-9,19H,15H2,1H3,(H,17,18). The molecule has 0 aliphatic rings. The number of nitrogens with two attached hydrogens (primary N) is 1. The van der Waals surface area contributed by atoms with Crippen LogP contribution >= 0.6 is 0 Å². The summed E-state index contributed by atoms with van der Waals surface area (Å²) in [6.45, 7) is 2.07. The van der Waals surface area contributed by atoms with Crippen LogP contribution in [0.3, 0.4) is 0 Å². The van der Waals surface area contributed by atoms with Crippen molar-refractivity contribution in [2.45, 2.75) is 13.0 Å². The van der Waals surface area contributed by atoms with E-state index < -0.39 is 0 Å². The number of fused-ring (bicyclic) bond motifs is 1. The van der Waals surface area contributed by atoms with Gasteiger partial charge in [-0.05, 0) is 31.2 Å². The zero-order chi connectivity index (χ0) is 13.2. The highest BCUT2D eigenvalue weighted by Gasteiger charge is 2.10. The van der Waals surface area contributed by atoms with Gasteiger partial charge in [-0.2, -0.15) is 5.10 Å². The van der Waals surface area contributed by atoms with Crippen molar-refractivity contribution in [3.8, 4) is 0 Å². The third kappa shape index (κ3) is 2.10. The number of benzene rings is 1. The van der Waals surface area contributed by atoms with E-state index in [1.54, 1.807) is 12.4 Å².